The molecule has 68 valence electrons. The van der Waals surface area contributed by atoms with Gasteiger partial charge in [-0.1, -0.05) is 12.1 Å². The number of imidazole rings is 1. The van der Waals surface area contributed by atoms with E-state index < -0.39 is 0 Å². The van der Waals surface area contributed by atoms with Crippen LogP contribution in [-0.2, 0) is 0 Å². The largest absolute Gasteiger partial charge is 0.345 e. The van der Waals surface area contributed by atoms with Crippen molar-refractivity contribution in [3.8, 4) is 0 Å². The predicted molar refractivity (Wildman–Crippen MR) is 52.5 cm³/mol. The molecule has 4 nitrogen and oxygen atoms in total. The Kier molecular flexibility index (Phi) is 1.81. The molecule has 0 amide bonds. The molecule has 0 bridgehead atoms. The molecule has 2 aromatic rings. The van der Waals surface area contributed by atoms with Crippen molar-refractivity contribution in [2.75, 3.05) is 12.0 Å². The number of benzene rings is 1. The third-order valence-corrected chi connectivity index (χ3v) is 1.91. The van der Waals surface area contributed by atoms with Crippen molar-refractivity contribution in [2.45, 2.75) is 6.92 Å². The van der Waals surface area contributed by atoms with Crippen LogP contribution in [0.15, 0.2) is 29.1 Å². The van der Waals surface area contributed by atoms with Crippen molar-refractivity contribution >= 4 is 11.0 Å². The van der Waals surface area contributed by atoms with Crippen molar-refractivity contribution in [1.29, 1.82) is 0 Å². The smallest absolute Gasteiger partial charge is 0.322 e. The summed E-state index contributed by atoms with van der Waals surface area (Å²) in [5.74, 6) is 0. The average Bonchev–Trinajstić information content (AvgIpc) is 2.44. The number of fused-ring (bicyclic) bond motifs is 1. The molecule has 13 heavy (non-hydrogen) atoms. The summed E-state index contributed by atoms with van der Waals surface area (Å²) in [6, 6.07) is 7.58. The summed E-state index contributed by atoms with van der Waals surface area (Å²) < 4.78 is 1.52. The van der Waals surface area contributed by atoms with E-state index in [1.165, 1.54) is 4.68 Å². The first-order valence-corrected chi connectivity index (χ1v) is 4.26. The molecule has 0 radical (unpaired) electrons. The highest BCUT2D eigenvalue weighted by molar-refractivity contribution is 5.75. The maximum atomic E-state index is 11.4. The molecular formula is C9H11N3O. The SMILES string of the molecule is CCNn1c(=O)[nH]c2ccccc21. The van der Waals surface area contributed by atoms with Crippen molar-refractivity contribution in [1.82, 2.24) is 9.66 Å². The van der Waals surface area contributed by atoms with Crippen LogP contribution in [0.25, 0.3) is 11.0 Å². The highest BCUT2D eigenvalue weighted by atomic mass is 16.2. The summed E-state index contributed by atoms with van der Waals surface area (Å²) in [6.45, 7) is 2.68. The maximum Gasteiger partial charge on any atom is 0.345 e. The molecule has 0 saturated heterocycles. The number of aromatic amines is 1. The number of nitrogens with one attached hydrogen (secondary N) is 2. The Hall–Kier alpha value is -1.71. The third-order valence-electron chi connectivity index (χ3n) is 1.91. The molecule has 2 N–H and O–H groups in total. The van der Waals surface area contributed by atoms with E-state index in [4.69, 9.17) is 0 Å². The lowest BCUT2D eigenvalue weighted by atomic mass is 10.3. The summed E-state index contributed by atoms with van der Waals surface area (Å²) in [5, 5.41) is 0. The van der Waals surface area contributed by atoms with Gasteiger partial charge in [0.15, 0.2) is 0 Å². The van der Waals surface area contributed by atoms with Crippen LogP contribution in [0.2, 0.25) is 0 Å². The monoisotopic (exact) mass is 177 g/mol. The summed E-state index contributed by atoms with van der Waals surface area (Å²) in [5.41, 5.74) is 4.59. The van der Waals surface area contributed by atoms with Gasteiger partial charge >= 0.3 is 5.69 Å². The lowest BCUT2D eigenvalue weighted by Crippen LogP contribution is -2.26. The second kappa shape index (κ2) is 2.97. The molecule has 0 fully saturated rings. The maximum absolute atomic E-state index is 11.4. The number of hydrogen-bond donors (Lipinski definition) is 2. The molecule has 1 heterocycles. The van der Waals surface area contributed by atoms with Gasteiger partial charge in [-0.3, -0.25) is 0 Å². The molecule has 1 aromatic carbocycles. The van der Waals surface area contributed by atoms with Crippen LogP contribution in [0.1, 0.15) is 6.92 Å². The highest BCUT2D eigenvalue weighted by Crippen LogP contribution is 2.06. The topological polar surface area (TPSA) is 49.8 Å². The third kappa shape index (κ3) is 1.20. The van der Waals surface area contributed by atoms with Crippen LogP contribution in [-0.4, -0.2) is 16.2 Å². The molecule has 2 rings (SSSR count). The number of nitrogens with zero attached hydrogens (tertiary/aromatic N) is 1. The summed E-state index contributed by atoms with van der Waals surface area (Å²) >= 11 is 0. The van der Waals surface area contributed by atoms with Gasteiger partial charge in [0.25, 0.3) is 0 Å². The van der Waals surface area contributed by atoms with Crippen molar-refractivity contribution in [3.63, 3.8) is 0 Å². The van der Waals surface area contributed by atoms with Gasteiger partial charge in [0, 0.05) is 6.54 Å². The zero-order valence-electron chi connectivity index (χ0n) is 7.37. The minimum atomic E-state index is -0.122. The molecule has 0 spiro atoms. The zero-order valence-corrected chi connectivity index (χ0v) is 7.37. The van der Waals surface area contributed by atoms with Gasteiger partial charge in [-0.25, -0.2) is 9.47 Å². The van der Waals surface area contributed by atoms with E-state index in [9.17, 15) is 4.79 Å². The molecule has 0 unspecified atom stereocenters. The first kappa shape index (κ1) is 7.91. The fourth-order valence-electron chi connectivity index (χ4n) is 1.37. The number of rotatable bonds is 2. The average molecular weight is 177 g/mol. The molecule has 0 aliphatic carbocycles. The van der Waals surface area contributed by atoms with Gasteiger partial charge in [0.05, 0.1) is 11.0 Å². The molecule has 0 saturated carbocycles. The lowest BCUT2D eigenvalue weighted by Gasteiger charge is -2.02. The van der Waals surface area contributed by atoms with Crippen LogP contribution in [0.5, 0.6) is 0 Å². The van der Waals surface area contributed by atoms with Gasteiger partial charge in [0.1, 0.15) is 0 Å². The number of aromatic nitrogens is 2. The Morgan fingerprint density at radius 1 is 1.46 bits per heavy atom. The molecule has 0 atom stereocenters. The lowest BCUT2D eigenvalue weighted by molar-refractivity contribution is 0.848. The fraction of sp³-hybridized carbons (Fsp3) is 0.222. The number of hydrogen-bond acceptors (Lipinski definition) is 2. The molecule has 0 aliphatic rings. The van der Waals surface area contributed by atoms with Gasteiger partial charge in [-0.2, -0.15) is 0 Å². The second-order valence-corrected chi connectivity index (χ2v) is 2.79. The Morgan fingerprint density at radius 2 is 2.23 bits per heavy atom. The van der Waals surface area contributed by atoms with Crippen LogP contribution >= 0.6 is 0 Å². The normalized spacial score (nSPS) is 10.5. The molecule has 0 aliphatic heterocycles. The van der Waals surface area contributed by atoms with E-state index in [1.54, 1.807) is 0 Å². The van der Waals surface area contributed by atoms with E-state index in [1.807, 2.05) is 31.2 Å². The summed E-state index contributed by atoms with van der Waals surface area (Å²) in [4.78, 5) is 14.1. The fourth-order valence-corrected chi connectivity index (χ4v) is 1.37. The van der Waals surface area contributed by atoms with Crippen LogP contribution in [0.4, 0.5) is 0 Å². The Morgan fingerprint density at radius 3 is 3.00 bits per heavy atom. The Labute approximate surface area is 75.2 Å². The van der Waals surface area contributed by atoms with Crippen molar-refractivity contribution in [3.05, 3.63) is 34.7 Å². The van der Waals surface area contributed by atoms with Crippen LogP contribution < -0.4 is 11.1 Å². The minimum absolute atomic E-state index is 0.122. The molecule has 1 aromatic heterocycles. The quantitative estimate of drug-likeness (QED) is 0.715. The van der Waals surface area contributed by atoms with Crippen molar-refractivity contribution in [2.24, 2.45) is 0 Å². The number of para-hydroxylation sites is 2. The van der Waals surface area contributed by atoms with E-state index in [-0.39, 0.29) is 5.69 Å². The predicted octanol–water partition coefficient (Wildman–Crippen LogP) is 0.893. The van der Waals surface area contributed by atoms with Crippen LogP contribution in [0, 0.1) is 0 Å². The van der Waals surface area contributed by atoms with E-state index in [0.717, 1.165) is 17.6 Å². The number of H-pyrrole nitrogens is 1. The van der Waals surface area contributed by atoms with Gasteiger partial charge in [0.2, 0.25) is 0 Å². The minimum Gasteiger partial charge on any atom is -0.322 e. The first-order valence-electron chi connectivity index (χ1n) is 4.26. The highest BCUT2D eigenvalue weighted by Gasteiger charge is 2.02. The van der Waals surface area contributed by atoms with Gasteiger partial charge < -0.3 is 10.4 Å². The van der Waals surface area contributed by atoms with Crippen LogP contribution in [0.3, 0.4) is 0 Å². The second-order valence-electron chi connectivity index (χ2n) is 2.79. The van der Waals surface area contributed by atoms with Gasteiger partial charge in [-0.05, 0) is 19.1 Å². The van der Waals surface area contributed by atoms with E-state index >= 15 is 0 Å². The summed E-state index contributed by atoms with van der Waals surface area (Å²) in [7, 11) is 0. The molecular weight excluding hydrogens is 166 g/mol. The standard InChI is InChI=1S/C9H11N3O/c1-2-10-12-8-6-4-3-5-7(8)11-9(12)13/h3-6,10H,2H2,1H3,(H,11,13). The zero-order chi connectivity index (χ0) is 9.26. The van der Waals surface area contributed by atoms with Gasteiger partial charge in [-0.15, -0.1) is 0 Å². The summed E-state index contributed by atoms with van der Waals surface area (Å²) in [6.07, 6.45) is 0. The Bertz CT molecular complexity index is 469. The van der Waals surface area contributed by atoms with E-state index in [2.05, 4.69) is 10.4 Å². The molecule has 4 heteroatoms. The van der Waals surface area contributed by atoms with E-state index in [0.29, 0.717) is 0 Å². The first-order chi connectivity index (χ1) is 6.33. The van der Waals surface area contributed by atoms with Crippen molar-refractivity contribution < 1.29 is 0 Å². The Balaban J connectivity index is 2.71.